The van der Waals surface area contributed by atoms with Gasteiger partial charge in [-0.15, -0.1) is 0 Å². The summed E-state index contributed by atoms with van der Waals surface area (Å²) in [6.07, 6.45) is 4.52. The Bertz CT molecular complexity index is 802. The Morgan fingerprint density at radius 2 is 1.59 bits per heavy atom. The lowest BCUT2D eigenvalue weighted by Crippen LogP contribution is -2.43. The van der Waals surface area contributed by atoms with Gasteiger partial charge in [0.1, 0.15) is 23.9 Å². The Labute approximate surface area is 156 Å². The minimum Gasteiger partial charge on any atom is -0.490 e. The molecule has 0 bridgehead atoms. The van der Waals surface area contributed by atoms with Crippen molar-refractivity contribution >= 4 is 17.9 Å². The molecule has 7 heteroatoms. The van der Waals surface area contributed by atoms with E-state index >= 15 is 0 Å². The molecule has 2 amide bonds. The van der Waals surface area contributed by atoms with Crippen LogP contribution >= 0.6 is 0 Å². The van der Waals surface area contributed by atoms with E-state index in [4.69, 9.17) is 9.47 Å². The Morgan fingerprint density at radius 1 is 0.963 bits per heavy atom. The number of benzene rings is 2. The number of halogens is 1. The molecule has 0 spiro atoms. The maximum Gasteiger partial charge on any atom is 0.276 e. The Balaban J connectivity index is 1.71. The lowest BCUT2D eigenvalue weighted by atomic mass is 10.2. The fraction of sp³-hybridized carbons (Fsp3) is 0.100. The van der Waals surface area contributed by atoms with Crippen molar-refractivity contribution in [2.75, 3.05) is 13.2 Å². The fourth-order valence-electron chi connectivity index (χ4n) is 1.89. The molecule has 6 nitrogen and oxygen atoms in total. The lowest BCUT2D eigenvalue weighted by Gasteiger charge is -2.07. The zero-order valence-corrected chi connectivity index (χ0v) is 14.5. The van der Waals surface area contributed by atoms with Crippen LogP contribution in [0.25, 0.3) is 6.08 Å². The standard InChI is InChI=1S/C20H19FN2O4/c1-2-13-26-17-8-3-15(4-9-17)5-12-19(24)22-23-20(25)14-27-18-10-6-16(21)7-11-18/h2-12H,1,13-14H2,(H,22,24)(H,23,25)/b12-5+. The van der Waals surface area contributed by atoms with Gasteiger partial charge in [0.15, 0.2) is 6.61 Å². The number of ether oxygens (including phenoxy) is 2. The third-order valence-corrected chi connectivity index (χ3v) is 3.18. The normalized spacial score (nSPS) is 10.3. The molecule has 0 aliphatic carbocycles. The van der Waals surface area contributed by atoms with Gasteiger partial charge in [-0.1, -0.05) is 24.8 Å². The Kier molecular flexibility index (Phi) is 7.59. The molecule has 0 unspecified atom stereocenters. The van der Waals surface area contributed by atoms with Gasteiger partial charge in [-0.05, 0) is 48.0 Å². The predicted octanol–water partition coefficient (Wildman–Crippen LogP) is 2.63. The van der Waals surface area contributed by atoms with Crippen molar-refractivity contribution in [2.45, 2.75) is 0 Å². The van der Waals surface area contributed by atoms with Crippen molar-refractivity contribution in [1.29, 1.82) is 0 Å². The molecule has 2 rings (SSSR count). The highest BCUT2D eigenvalue weighted by Crippen LogP contribution is 2.13. The average molecular weight is 370 g/mol. The molecule has 0 atom stereocenters. The third kappa shape index (κ3) is 7.43. The first-order valence-corrected chi connectivity index (χ1v) is 8.06. The highest BCUT2D eigenvalue weighted by molar-refractivity contribution is 5.93. The topological polar surface area (TPSA) is 76.7 Å². The number of hydrogen-bond acceptors (Lipinski definition) is 4. The van der Waals surface area contributed by atoms with Crippen LogP contribution in [0.15, 0.2) is 67.3 Å². The number of hydrogen-bond donors (Lipinski definition) is 2. The summed E-state index contributed by atoms with van der Waals surface area (Å²) in [6, 6.07) is 12.4. The number of nitrogens with one attached hydrogen (secondary N) is 2. The van der Waals surface area contributed by atoms with E-state index in [1.54, 1.807) is 36.4 Å². The number of rotatable bonds is 8. The quantitative estimate of drug-likeness (QED) is 0.425. The third-order valence-electron chi connectivity index (χ3n) is 3.18. The first-order chi connectivity index (χ1) is 13.1. The van der Waals surface area contributed by atoms with Gasteiger partial charge in [0.25, 0.3) is 11.8 Å². The molecule has 0 saturated heterocycles. The van der Waals surface area contributed by atoms with E-state index in [2.05, 4.69) is 17.4 Å². The van der Waals surface area contributed by atoms with Crippen LogP contribution in [-0.2, 0) is 9.59 Å². The van der Waals surface area contributed by atoms with E-state index in [0.29, 0.717) is 18.1 Å². The molecule has 0 aliphatic rings. The second kappa shape index (κ2) is 10.4. The predicted molar refractivity (Wildman–Crippen MR) is 99.3 cm³/mol. The molecule has 0 radical (unpaired) electrons. The Morgan fingerprint density at radius 3 is 2.26 bits per heavy atom. The summed E-state index contributed by atoms with van der Waals surface area (Å²) in [4.78, 5) is 23.3. The minimum atomic E-state index is -0.551. The van der Waals surface area contributed by atoms with Crippen LogP contribution in [0.2, 0.25) is 0 Å². The van der Waals surface area contributed by atoms with E-state index in [1.165, 1.54) is 30.3 Å². The molecule has 0 heterocycles. The summed E-state index contributed by atoms with van der Waals surface area (Å²) >= 11 is 0. The molecular formula is C20H19FN2O4. The smallest absolute Gasteiger partial charge is 0.276 e. The maximum absolute atomic E-state index is 12.8. The van der Waals surface area contributed by atoms with Crippen molar-refractivity contribution in [3.8, 4) is 11.5 Å². The molecule has 0 saturated carbocycles. The highest BCUT2D eigenvalue weighted by atomic mass is 19.1. The van der Waals surface area contributed by atoms with Gasteiger partial charge in [0, 0.05) is 6.08 Å². The lowest BCUT2D eigenvalue weighted by molar-refractivity contribution is -0.128. The highest BCUT2D eigenvalue weighted by Gasteiger charge is 2.04. The van der Waals surface area contributed by atoms with E-state index < -0.39 is 17.6 Å². The molecule has 0 aromatic heterocycles. The van der Waals surface area contributed by atoms with Gasteiger partial charge in [0.2, 0.25) is 0 Å². The number of carbonyl (C=O) groups excluding carboxylic acids is 2. The fourth-order valence-corrected chi connectivity index (χ4v) is 1.89. The molecule has 2 N–H and O–H groups in total. The second-order valence-corrected chi connectivity index (χ2v) is 5.28. The largest absolute Gasteiger partial charge is 0.490 e. The van der Waals surface area contributed by atoms with Crippen LogP contribution in [0, 0.1) is 5.82 Å². The summed E-state index contributed by atoms with van der Waals surface area (Å²) in [5.74, 6) is -0.407. The summed E-state index contributed by atoms with van der Waals surface area (Å²) in [6.45, 7) is 3.67. The Hall–Kier alpha value is -3.61. The first-order valence-electron chi connectivity index (χ1n) is 8.06. The molecule has 0 fully saturated rings. The van der Waals surface area contributed by atoms with Crippen LogP contribution in [0.4, 0.5) is 4.39 Å². The van der Waals surface area contributed by atoms with Crippen molar-refractivity contribution in [1.82, 2.24) is 10.9 Å². The van der Waals surface area contributed by atoms with Gasteiger partial charge >= 0.3 is 0 Å². The number of hydrazine groups is 1. The molecule has 2 aromatic rings. The van der Waals surface area contributed by atoms with Crippen molar-refractivity contribution in [2.24, 2.45) is 0 Å². The summed E-state index contributed by atoms with van der Waals surface area (Å²) in [7, 11) is 0. The van der Waals surface area contributed by atoms with Crippen LogP contribution < -0.4 is 20.3 Å². The first kappa shape index (κ1) is 19.7. The van der Waals surface area contributed by atoms with E-state index in [9.17, 15) is 14.0 Å². The second-order valence-electron chi connectivity index (χ2n) is 5.28. The van der Waals surface area contributed by atoms with Gasteiger partial charge in [-0.25, -0.2) is 4.39 Å². The van der Waals surface area contributed by atoms with Crippen LogP contribution in [0.5, 0.6) is 11.5 Å². The summed E-state index contributed by atoms with van der Waals surface area (Å²) < 4.78 is 23.3. The molecule has 2 aromatic carbocycles. The number of carbonyl (C=O) groups is 2. The van der Waals surface area contributed by atoms with Crippen LogP contribution in [-0.4, -0.2) is 25.0 Å². The van der Waals surface area contributed by atoms with E-state index in [-0.39, 0.29) is 6.61 Å². The average Bonchev–Trinajstić information content (AvgIpc) is 2.69. The minimum absolute atomic E-state index is 0.318. The monoisotopic (exact) mass is 370 g/mol. The molecule has 27 heavy (non-hydrogen) atoms. The van der Waals surface area contributed by atoms with Crippen molar-refractivity contribution in [3.05, 3.63) is 78.6 Å². The molecular weight excluding hydrogens is 351 g/mol. The van der Waals surface area contributed by atoms with Crippen LogP contribution in [0.1, 0.15) is 5.56 Å². The van der Waals surface area contributed by atoms with Crippen molar-refractivity contribution in [3.63, 3.8) is 0 Å². The maximum atomic E-state index is 12.8. The zero-order chi connectivity index (χ0) is 19.5. The summed E-state index contributed by atoms with van der Waals surface area (Å²) in [5, 5.41) is 0. The van der Waals surface area contributed by atoms with Gasteiger partial charge in [-0.3, -0.25) is 20.4 Å². The SMILES string of the molecule is C=CCOc1ccc(/C=C/C(=O)NNC(=O)COc2ccc(F)cc2)cc1. The van der Waals surface area contributed by atoms with Gasteiger partial charge in [0.05, 0.1) is 0 Å². The zero-order valence-electron chi connectivity index (χ0n) is 14.5. The number of amides is 2. The summed E-state index contributed by atoms with van der Waals surface area (Å²) in [5.41, 5.74) is 5.24. The van der Waals surface area contributed by atoms with E-state index in [0.717, 1.165) is 5.56 Å². The van der Waals surface area contributed by atoms with Gasteiger partial charge in [-0.2, -0.15) is 0 Å². The van der Waals surface area contributed by atoms with E-state index in [1.807, 2.05) is 0 Å². The molecule has 0 aliphatic heterocycles. The van der Waals surface area contributed by atoms with Gasteiger partial charge < -0.3 is 9.47 Å². The molecule has 140 valence electrons. The van der Waals surface area contributed by atoms with Crippen LogP contribution in [0.3, 0.4) is 0 Å². The van der Waals surface area contributed by atoms with Crippen molar-refractivity contribution < 1.29 is 23.5 Å².